The molecule has 0 unspecified atom stereocenters. The summed E-state index contributed by atoms with van der Waals surface area (Å²) in [4.78, 5) is 0. The van der Waals surface area contributed by atoms with Crippen LogP contribution in [0.5, 0.6) is 0 Å². The number of para-hydroxylation sites is 1. The zero-order valence-electron chi connectivity index (χ0n) is 9.88. The average Bonchev–Trinajstić information content (AvgIpc) is 2.84. The van der Waals surface area contributed by atoms with Gasteiger partial charge < -0.3 is 10.3 Å². The fourth-order valence-electron chi connectivity index (χ4n) is 2.33. The van der Waals surface area contributed by atoms with Gasteiger partial charge in [-0.05, 0) is 6.07 Å². The third kappa shape index (κ3) is 1.34. The van der Waals surface area contributed by atoms with E-state index in [1.54, 1.807) is 6.20 Å². The smallest absolute Gasteiger partial charge is 0.0929 e. The van der Waals surface area contributed by atoms with Crippen LogP contribution in [0.15, 0.2) is 36.7 Å². The molecule has 2 heterocycles. The summed E-state index contributed by atoms with van der Waals surface area (Å²) in [7, 11) is 3.95. The summed E-state index contributed by atoms with van der Waals surface area (Å²) < 4.78 is 3.92. The van der Waals surface area contributed by atoms with Crippen LogP contribution in [0.4, 0.5) is 5.69 Å². The number of aryl methyl sites for hydroxylation is 2. The van der Waals surface area contributed by atoms with Crippen LogP contribution in [0.1, 0.15) is 0 Å². The molecule has 0 aliphatic rings. The van der Waals surface area contributed by atoms with Gasteiger partial charge in [0.25, 0.3) is 0 Å². The van der Waals surface area contributed by atoms with Gasteiger partial charge in [0.05, 0.1) is 23.1 Å². The summed E-state index contributed by atoms with van der Waals surface area (Å²) in [5.74, 6) is 0. The van der Waals surface area contributed by atoms with Crippen molar-refractivity contribution in [1.29, 1.82) is 0 Å². The second kappa shape index (κ2) is 3.38. The van der Waals surface area contributed by atoms with Crippen molar-refractivity contribution in [2.24, 2.45) is 14.1 Å². The van der Waals surface area contributed by atoms with Crippen LogP contribution < -0.4 is 5.73 Å². The minimum atomic E-state index is 0.709. The van der Waals surface area contributed by atoms with E-state index in [0.717, 1.165) is 11.3 Å². The molecule has 0 aliphatic carbocycles. The first-order valence-corrected chi connectivity index (χ1v) is 5.50. The maximum atomic E-state index is 5.99. The summed E-state index contributed by atoms with van der Waals surface area (Å²) in [6.45, 7) is 0. The lowest BCUT2D eigenvalue weighted by Gasteiger charge is -2.07. The van der Waals surface area contributed by atoms with E-state index in [0.29, 0.717) is 5.69 Å². The summed E-state index contributed by atoms with van der Waals surface area (Å²) in [6, 6.07) is 8.33. The van der Waals surface area contributed by atoms with Crippen molar-refractivity contribution in [3.05, 3.63) is 36.7 Å². The molecule has 1 aromatic carbocycles. The average molecular weight is 226 g/mol. The molecule has 3 aromatic rings. The highest BCUT2D eigenvalue weighted by molar-refractivity contribution is 5.96. The van der Waals surface area contributed by atoms with Gasteiger partial charge in [-0.15, -0.1) is 0 Å². The highest BCUT2D eigenvalue weighted by Gasteiger charge is 2.13. The van der Waals surface area contributed by atoms with Crippen LogP contribution in [0.2, 0.25) is 0 Å². The van der Waals surface area contributed by atoms with E-state index in [2.05, 4.69) is 34.1 Å². The van der Waals surface area contributed by atoms with Crippen LogP contribution in [-0.2, 0) is 14.1 Å². The van der Waals surface area contributed by atoms with Crippen molar-refractivity contribution in [2.45, 2.75) is 0 Å². The second-order valence-corrected chi connectivity index (χ2v) is 4.24. The summed E-state index contributed by atoms with van der Waals surface area (Å²) in [5.41, 5.74) is 9.97. The fraction of sp³-hybridized carbons (Fsp3) is 0.154. The molecule has 0 amide bonds. The number of hydrogen-bond donors (Lipinski definition) is 1. The molecule has 3 rings (SSSR count). The summed E-state index contributed by atoms with van der Waals surface area (Å²) >= 11 is 0. The molecule has 0 saturated heterocycles. The predicted octanol–water partition coefficient (Wildman–Crippen LogP) is 2.16. The largest absolute Gasteiger partial charge is 0.396 e. The van der Waals surface area contributed by atoms with Gasteiger partial charge in [-0.1, -0.05) is 18.2 Å². The number of hydrogen-bond acceptors (Lipinski definition) is 2. The molecule has 0 saturated carbocycles. The molecule has 2 aromatic heterocycles. The number of nitrogens with two attached hydrogens (primary N) is 1. The molecule has 0 radical (unpaired) electrons. The molecular formula is C13H14N4. The molecule has 4 heteroatoms. The first-order chi connectivity index (χ1) is 8.18. The first kappa shape index (κ1) is 9.96. The van der Waals surface area contributed by atoms with Gasteiger partial charge in [-0.25, -0.2) is 0 Å². The number of nitrogen functional groups attached to an aromatic ring is 1. The van der Waals surface area contributed by atoms with Crippen molar-refractivity contribution >= 4 is 16.6 Å². The SMILES string of the molecule is Cn1ncc(N)c1-c1cccc2ccn(C)c12. The molecule has 0 fully saturated rings. The topological polar surface area (TPSA) is 48.8 Å². The molecule has 0 spiro atoms. The van der Waals surface area contributed by atoms with E-state index in [4.69, 9.17) is 5.73 Å². The molecule has 0 atom stereocenters. The van der Waals surface area contributed by atoms with Gasteiger partial charge in [0.1, 0.15) is 0 Å². The standard InChI is InChI=1S/C13H14N4/c1-16-7-6-9-4-3-5-10(12(9)16)13-11(14)8-15-17(13)2/h3-8H,14H2,1-2H3. The number of nitrogens with zero attached hydrogens (tertiary/aromatic N) is 3. The van der Waals surface area contributed by atoms with Crippen molar-refractivity contribution in [3.8, 4) is 11.3 Å². The molecule has 0 aliphatic heterocycles. The van der Waals surface area contributed by atoms with Gasteiger partial charge >= 0.3 is 0 Å². The van der Waals surface area contributed by atoms with Crippen LogP contribution >= 0.6 is 0 Å². The summed E-state index contributed by atoms with van der Waals surface area (Å²) in [5, 5.41) is 5.41. The van der Waals surface area contributed by atoms with Gasteiger partial charge in [0.15, 0.2) is 0 Å². The minimum absolute atomic E-state index is 0.709. The van der Waals surface area contributed by atoms with E-state index in [9.17, 15) is 0 Å². The molecule has 2 N–H and O–H groups in total. The monoisotopic (exact) mass is 226 g/mol. The predicted molar refractivity (Wildman–Crippen MR) is 69.5 cm³/mol. The van der Waals surface area contributed by atoms with Crippen LogP contribution in [-0.4, -0.2) is 14.3 Å². The van der Waals surface area contributed by atoms with Crippen molar-refractivity contribution in [3.63, 3.8) is 0 Å². The number of benzene rings is 1. The Morgan fingerprint density at radius 3 is 2.71 bits per heavy atom. The van der Waals surface area contributed by atoms with E-state index in [-0.39, 0.29) is 0 Å². The van der Waals surface area contributed by atoms with Crippen molar-refractivity contribution < 1.29 is 0 Å². The molecule has 86 valence electrons. The lowest BCUT2D eigenvalue weighted by atomic mass is 10.1. The van der Waals surface area contributed by atoms with Crippen LogP contribution in [0.25, 0.3) is 22.2 Å². The van der Waals surface area contributed by atoms with Gasteiger partial charge in [-0.2, -0.15) is 5.10 Å². The number of aromatic nitrogens is 3. The zero-order valence-corrected chi connectivity index (χ0v) is 9.88. The lowest BCUT2D eigenvalue weighted by molar-refractivity contribution is 0.776. The Kier molecular flexibility index (Phi) is 1.98. The quantitative estimate of drug-likeness (QED) is 0.691. The molecule has 17 heavy (non-hydrogen) atoms. The highest BCUT2D eigenvalue weighted by Crippen LogP contribution is 2.31. The number of anilines is 1. The van der Waals surface area contributed by atoms with Crippen molar-refractivity contribution in [2.75, 3.05) is 5.73 Å². The molecule has 4 nitrogen and oxygen atoms in total. The van der Waals surface area contributed by atoms with Gasteiger partial charge in [0, 0.05) is 31.2 Å². The van der Waals surface area contributed by atoms with Crippen LogP contribution in [0, 0.1) is 0 Å². The highest BCUT2D eigenvalue weighted by atomic mass is 15.3. The third-order valence-electron chi connectivity index (χ3n) is 3.12. The molecular weight excluding hydrogens is 212 g/mol. The Bertz CT molecular complexity index is 671. The summed E-state index contributed by atoms with van der Waals surface area (Å²) in [6.07, 6.45) is 3.75. The Hall–Kier alpha value is -2.23. The Morgan fingerprint density at radius 1 is 1.18 bits per heavy atom. The second-order valence-electron chi connectivity index (χ2n) is 4.24. The Labute approximate surface area is 99.3 Å². The van der Waals surface area contributed by atoms with Gasteiger partial charge in [-0.3, -0.25) is 4.68 Å². The number of rotatable bonds is 1. The number of fused-ring (bicyclic) bond motifs is 1. The van der Waals surface area contributed by atoms with E-state index in [1.807, 2.05) is 24.8 Å². The fourth-order valence-corrected chi connectivity index (χ4v) is 2.33. The van der Waals surface area contributed by atoms with E-state index >= 15 is 0 Å². The maximum absolute atomic E-state index is 5.99. The minimum Gasteiger partial charge on any atom is -0.396 e. The third-order valence-corrected chi connectivity index (χ3v) is 3.12. The van der Waals surface area contributed by atoms with E-state index in [1.165, 1.54) is 10.9 Å². The van der Waals surface area contributed by atoms with E-state index < -0.39 is 0 Å². The zero-order chi connectivity index (χ0) is 12.0. The maximum Gasteiger partial charge on any atom is 0.0929 e. The van der Waals surface area contributed by atoms with Crippen molar-refractivity contribution in [1.82, 2.24) is 14.3 Å². The van der Waals surface area contributed by atoms with Crippen LogP contribution in [0.3, 0.4) is 0 Å². The first-order valence-electron chi connectivity index (χ1n) is 5.50. The Morgan fingerprint density at radius 2 is 2.00 bits per heavy atom. The lowest BCUT2D eigenvalue weighted by Crippen LogP contribution is -1.98. The normalized spacial score (nSPS) is 11.2. The molecule has 0 bridgehead atoms. The van der Waals surface area contributed by atoms with Gasteiger partial charge in [0.2, 0.25) is 0 Å². The Balaban J connectivity index is 2.42.